The molecule has 4 aromatic rings. The number of para-hydroxylation sites is 1. The standard InChI is InChI=1S/C33H32N2O7S2/c1-34-30-22-27(44(37,38)39)12-13-31(30)43-32(34)21-26(23-8-10-24(11-9-23)33(36)41-3)20-25-14-15-35(16-17-42-19-18-40-2)29-7-5-4-6-28(25)29/h4-15,20-22H,16-19H2,1-3H3/p+1. The van der Waals surface area contributed by atoms with Crippen LogP contribution in [0, 0.1) is 0 Å². The number of methoxy groups -OCH3 is 2. The van der Waals surface area contributed by atoms with Crippen LogP contribution >= 0.6 is 11.8 Å². The van der Waals surface area contributed by atoms with Gasteiger partial charge >= 0.3 is 5.97 Å². The predicted octanol–water partition coefficient (Wildman–Crippen LogP) is 5.45. The molecule has 0 spiro atoms. The molecular weight excluding hydrogens is 601 g/mol. The fraction of sp³-hybridized carbons (Fsp3) is 0.212. The summed E-state index contributed by atoms with van der Waals surface area (Å²) in [5.41, 5.74) is 4.93. The fourth-order valence-electron chi connectivity index (χ4n) is 4.89. The number of carbonyl (C=O) groups excluding carboxylic acids is 1. The van der Waals surface area contributed by atoms with Gasteiger partial charge < -0.3 is 19.1 Å². The Hall–Kier alpha value is -4.00. The molecule has 0 bridgehead atoms. The van der Waals surface area contributed by atoms with Crippen molar-refractivity contribution in [3.8, 4) is 0 Å². The van der Waals surface area contributed by atoms with Crippen LogP contribution in [0.2, 0.25) is 0 Å². The van der Waals surface area contributed by atoms with Gasteiger partial charge in [0.25, 0.3) is 10.1 Å². The van der Waals surface area contributed by atoms with Crippen molar-refractivity contribution in [2.24, 2.45) is 0 Å². The van der Waals surface area contributed by atoms with Crippen molar-refractivity contribution in [1.29, 1.82) is 0 Å². The molecule has 0 saturated heterocycles. The second-order valence-electron chi connectivity index (χ2n) is 10.0. The van der Waals surface area contributed by atoms with Crippen LogP contribution in [0.4, 0.5) is 5.69 Å². The zero-order valence-electron chi connectivity index (χ0n) is 24.6. The third-order valence-electron chi connectivity index (χ3n) is 7.23. The number of rotatable bonds is 11. The van der Waals surface area contributed by atoms with E-state index in [0.717, 1.165) is 37.5 Å². The lowest BCUT2D eigenvalue weighted by Gasteiger charge is -2.15. The SMILES string of the molecule is COCCOCC[n+]1ccc(C=C(C=C2Sc3ccc(S(=O)(=O)O)cc3N2C)c2ccc(C(=O)OC)cc2)c2ccccc21. The Labute approximate surface area is 261 Å². The summed E-state index contributed by atoms with van der Waals surface area (Å²) in [5, 5.41) is 1.92. The number of fused-ring (bicyclic) bond motifs is 2. The Morgan fingerprint density at radius 3 is 2.45 bits per heavy atom. The van der Waals surface area contributed by atoms with Crippen LogP contribution in [0.5, 0.6) is 0 Å². The number of anilines is 1. The maximum atomic E-state index is 12.1. The molecule has 5 rings (SSSR count). The van der Waals surface area contributed by atoms with Gasteiger partial charge in [-0.25, -0.2) is 4.79 Å². The van der Waals surface area contributed by atoms with Crippen molar-refractivity contribution in [3.63, 3.8) is 0 Å². The molecule has 1 aliphatic heterocycles. The van der Waals surface area contributed by atoms with Gasteiger partial charge in [-0.3, -0.25) is 4.55 Å². The second kappa shape index (κ2) is 13.7. The second-order valence-corrected chi connectivity index (χ2v) is 12.5. The molecule has 0 aliphatic carbocycles. The average molecular weight is 634 g/mol. The van der Waals surface area contributed by atoms with Crippen LogP contribution in [0.1, 0.15) is 21.5 Å². The van der Waals surface area contributed by atoms with Gasteiger partial charge in [-0.2, -0.15) is 13.0 Å². The topological polar surface area (TPSA) is 106 Å². The van der Waals surface area contributed by atoms with Gasteiger partial charge in [0.15, 0.2) is 12.7 Å². The molecule has 0 saturated carbocycles. The Balaban J connectivity index is 1.56. The molecular formula is C33H33N2O7S2+. The minimum Gasteiger partial charge on any atom is -0.465 e. The van der Waals surface area contributed by atoms with Crippen LogP contribution in [0.25, 0.3) is 22.6 Å². The summed E-state index contributed by atoms with van der Waals surface area (Å²) >= 11 is 1.50. The number of benzene rings is 3. The summed E-state index contributed by atoms with van der Waals surface area (Å²) in [6.07, 6.45) is 6.18. The molecule has 0 amide bonds. The first-order valence-corrected chi connectivity index (χ1v) is 16.1. The maximum absolute atomic E-state index is 12.1. The number of allylic oxidation sites excluding steroid dienone is 2. The summed E-state index contributed by atoms with van der Waals surface area (Å²) in [4.78, 5) is 14.7. The van der Waals surface area contributed by atoms with Crippen molar-refractivity contribution in [2.45, 2.75) is 16.3 Å². The average Bonchev–Trinajstić information content (AvgIpc) is 3.34. The van der Waals surface area contributed by atoms with Crippen molar-refractivity contribution in [1.82, 2.24) is 0 Å². The van der Waals surface area contributed by atoms with E-state index in [-0.39, 0.29) is 4.90 Å². The number of ether oxygens (including phenoxy) is 3. The monoisotopic (exact) mass is 633 g/mol. The highest BCUT2D eigenvalue weighted by molar-refractivity contribution is 8.03. The molecule has 3 aromatic carbocycles. The van der Waals surface area contributed by atoms with E-state index < -0.39 is 16.1 Å². The van der Waals surface area contributed by atoms with Crippen LogP contribution in [-0.2, 0) is 30.9 Å². The molecule has 2 heterocycles. The highest BCUT2D eigenvalue weighted by atomic mass is 32.2. The lowest BCUT2D eigenvalue weighted by Crippen LogP contribution is -2.36. The molecule has 9 nitrogen and oxygen atoms in total. The van der Waals surface area contributed by atoms with Crippen molar-refractivity contribution >= 4 is 56.1 Å². The van der Waals surface area contributed by atoms with E-state index in [9.17, 15) is 17.8 Å². The van der Waals surface area contributed by atoms with Crippen LogP contribution in [-0.4, -0.2) is 60.0 Å². The first-order valence-electron chi connectivity index (χ1n) is 13.8. The smallest absolute Gasteiger partial charge is 0.337 e. The molecule has 44 heavy (non-hydrogen) atoms. The minimum absolute atomic E-state index is 0.160. The highest BCUT2D eigenvalue weighted by Crippen LogP contribution is 2.47. The number of carbonyl (C=O) groups is 1. The van der Waals surface area contributed by atoms with E-state index in [1.807, 2.05) is 48.5 Å². The molecule has 1 aromatic heterocycles. The molecule has 1 N–H and O–H groups in total. The highest BCUT2D eigenvalue weighted by Gasteiger charge is 2.25. The number of aromatic nitrogens is 1. The number of nitrogens with zero attached hydrogens (tertiary/aromatic N) is 2. The van der Waals surface area contributed by atoms with Crippen molar-refractivity contribution in [3.05, 3.63) is 107 Å². The van der Waals surface area contributed by atoms with E-state index >= 15 is 0 Å². The van der Waals surface area contributed by atoms with E-state index in [1.165, 1.54) is 31.0 Å². The number of hydrogen-bond acceptors (Lipinski definition) is 8. The Morgan fingerprint density at radius 1 is 0.977 bits per heavy atom. The first kappa shape index (κ1) is 31.4. The third kappa shape index (κ3) is 7.03. The molecule has 1 aliphatic rings. The normalized spacial score (nSPS) is 14.3. The van der Waals surface area contributed by atoms with Gasteiger partial charge in [0.2, 0.25) is 5.52 Å². The van der Waals surface area contributed by atoms with Gasteiger partial charge in [0.05, 0.1) is 46.9 Å². The van der Waals surface area contributed by atoms with Crippen LogP contribution in [0.3, 0.4) is 0 Å². The largest absolute Gasteiger partial charge is 0.465 e. The molecule has 0 radical (unpaired) electrons. The van der Waals surface area contributed by atoms with E-state index in [1.54, 1.807) is 25.3 Å². The Morgan fingerprint density at radius 2 is 1.73 bits per heavy atom. The summed E-state index contributed by atoms with van der Waals surface area (Å²) in [7, 11) is 0.513. The first-order chi connectivity index (χ1) is 21.2. The zero-order chi connectivity index (χ0) is 31.3. The summed E-state index contributed by atoms with van der Waals surface area (Å²) in [6, 6.07) is 22.0. The fourth-order valence-corrected chi connectivity index (χ4v) is 6.48. The molecule has 0 fully saturated rings. The van der Waals surface area contributed by atoms with Gasteiger partial charge in [0, 0.05) is 31.2 Å². The summed E-state index contributed by atoms with van der Waals surface area (Å²) in [5.74, 6) is -0.415. The minimum atomic E-state index is -4.34. The zero-order valence-corrected chi connectivity index (χ0v) is 26.2. The van der Waals surface area contributed by atoms with E-state index in [4.69, 9.17) is 14.2 Å². The predicted molar refractivity (Wildman–Crippen MR) is 171 cm³/mol. The van der Waals surface area contributed by atoms with Gasteiger partial charge in [0.1, 0.15) is 6.61 Å². The molecule has 0 unspecified atom stereocenters. The van der Waals surface area contributed by atoms with Crippen LogP contribution < -0.4 is 9.47 Å². The number of esters is 1. The van der Waals surface area contributed by atoms with Crippen LogP contribution in [0.15, 0.2) is 99.9 Å². The summed E-state index contributed by atoms with van der Waals surface area (Å²) in [6.45, 7) is 2.33. The van der Waals surface area contributed by atoms with Crippen molar-refractivity contribution < 1.29 is 36.5 Å². The number of hydrogen-bond donors (Lipinski definition) is 1. The Bertz CT molecular complexity index is 1850. The maximum Gasteiger partial charge on any atom is 0.337 e. The summed E-state index contributed by atoms with van der Waals surface area (Å²) < 4.78 is 50.9. The molecule has 11 heteroatoms. The third-order valence-corrected chi connectivity index (χ3v) is 9.25. The van der Waals surface area contributed by atoms with Crippen molar-refractivity contribution in [2.75, 3.05) is 46.0 Å². The lowest BCUT2D eigenvalue weighted by atomic mass is 9.99. The van der Waals surface area contributed by atoms with Gasteiger partial charge in [-0.15, -0.1) is 0 Å². The number of thioether (sulfide) groups is 1. The van der Waals surface area contributed by atoms with Gasteiger partial charge in [-0.05, 0) is 65.3 Å². The van der Waals surface area contributed by atoms with E-state index in [2.05, 4.69) is 28.8 Å². The molecule has 0 atom stereocenters. The van der Waals surface area contributed by atoms with Gasteiger partial charge in [-0.1, -0.05) is 36.0 Å². The quantitative estimate of drug-likeness (QED) is 0.0999. The molecule has 228 valence electrons. The van der Waals surface area contributed by atoms with E-state index in [0.29, 0.717) is 37.6 Å². The lowest BCUT2D eigenvalue weighted by molar-refractivity contribution is -0.673. The Kier molecular flexibility index (Phi) is 9.82. The number of pyridine rings is 1.